The zero-order valence-electron chi connectivity index (χ0n) is 18.4. The van der Waals surface area contributed by atoms with Crippen LogP contribution in [0.1, 0.15) is 27.0 Å². The third-order valence-corrected chi connectivity index (χ3v) is 6.11. The topological polar surface area (TPSA) is 84.9 Å². The van der Waals surface area contributed by atoms with Gasteiger partial charge >= 0.3 is 5.97 Å². The Kier molecular flexibility index (Phi) is 6.75. The maximum absolute atomic E-state index is 14.7. The molecule has 3 aromatic rings. The predicted molar refractivity (Wildman–Crippen MR) is 125 cm³/mol. The smallest absolute Gasteiger partial charge is 0.330 e. The molecular weight excluding hydrogens is 461 g/mol. The lowest BCUT2D eigenvalue weighted by Crippen LogP contribution is -2.55. The van der Waals surface area contributed by atoms with Crippen LogP contribution >= 0.6 is 11.6 Å². The first kappa shape index (κ1) is 23.6. The highest BCUT2D eigenvalue weighted by Gasteiger charge is 2.45. The number of rotatable bonds is 8. The van der Waals surface area contributed by atoms with Gasteiger partial charge in [0.15, 0.2) is 17.3 Å². The molecule has 0 spiro atoms. The molecule has 0 aromatic heterocycles. The first-order valence-corrected chi connectivity index (χ1v) is 11.1. The number of carbonyl (C=O) groups is 2. The van der Waals surface area contributed by atoms with Gasteiger partial charge in [-0.2, -0.15) is 0 Å². The molecule has 0 saturated heterocycles. The number of amides is 1. The van der Waals surface area contributed by atoms with Gasteiger partial charge in [-0.1, -0.05) is 48.0 Å². The molecule has 176 valence electrons. The number of benzene rings is 3. The highest BCUT2D eigenvalue weighted by atomic mass is 35.5. The van der Waals surface area contributed by atoms with Crippen molar-refractivity contribution in [3.63, 3.8) is 0 Å². The SMILES string of the molecule is COc1c(F)cc(C(=O)NC2(C(=O)O)Cc3ccccc3C2)cc1OCCc1cccc(Cl)c1. The molecule has 2 N–H and O–H groups in total. The summed E-state index contributed by atoms with van der Waals surface area (Å²) in [6, 6.07) is 17.0. The van der Waals surface area contributed by atoms with Crippen LogP contribution in [0.2, 0.25) is 5.02 Å². The summed E-state index contributed by atoms with van der Waals surface area (Å²) in [7, 11) is 1.30. The Morgan fingerprint density at radius 1 is 1.09 bits per heavy atom. The van der Waals surface area contributed by atoms with Gasteiger partial charge < -0.3 is 19.9 Å². The van der Waals surface area contributed by atoms with Gasteiger partial charge in [-0.15, -0.1) is 0 Å². The third kappa shape index (κ3) is 4.84. The Labute approximate surface area is 201 Å². The molecule has 0 aliphatic heterocycles. The lowest BCUT2D eigenvalue weighted by atomic mass is 9.95. The number of halogens is 2. The first-order chi connectivity index (χ1) is 16.3. The van der Waals surface area contributed by atoms with Crippen LogP contribution in [-0.2, 0) is 24.1 Å². The second kappa shape index (κ2) is 9.73. The normalized spacial score (nSPS) is 13.7. The highest BCUT2D eigenvalue weighted by Crippen LogP contribution is 2.34. The monoisotopic (exact) mass is 483 g/mol. The molecule has 0 atom stereocenters. The molecule has 0 heterocycles. The standard InChI is InChI=1S/C26H23ClFNO5/c1-33-23-21(28)12-19(13-22(23)34-10-9-16-5-4-8-20(27)11-16)24(30)29-26(25(31)32)14-17-6-2-3-7-18(17)15-26/h2-8,11-13H,9-10,14-15H2,1H3,(H,29,30)(H,31,32). The van der Waals surface area contributed by atoms with Gasteiger partial charge in [-0.25, -0.2) is 9.18 Å². The third-order valence-electron chi connectivity index (χ3n) is 5.88. The van der Waals surface area contributed by atoms with Crippen molar-refractivity contribution in [1.82, 2.24) is 5.32 Å². The van der Waals surface area contributed by atoms with Crippen molar-refractivity contribution in [1.29, 1.82) is 0 Å². The van der Waals surface area contributed by atoms with E-state index in [2.05, 4.69) is 5.32 Å². The summed E-state index contributed by atoms with van der Waals surface area (Å²) in [4.78, 5) is 25.2. The molecule has 0 bridgehead atoms. The van der Waals surface area contributed by atoms with Crippen molar-refractivity contribution >= 4 is 23.5 Å². The van der Waals surface area contributed by atoms with E-state index in [1.807, 2.05) is 36.4 Å². The molecule has 3 aromatic carbocycles. The summed E-state index contributed by atoms with van der Waals surface area (Å²) in [6.45, 7) is 0.190. The number of hydrogen-bond acceptors (Lipinski definition) is 4. The molecule has 6 nitrogen and oxygen atoms in total. The summed E-state index contributed by atoms with van der Waals surface area (Å²) < 4.78 is 25.6. The van der Waals surface area contributed by atoms with E-state index >= 15 is 0 Å². The largest absolute Gasteiger partial charge is 0.490 e. The van der Waals surface area contributed by atoms with Crippen LogP contribution in [0.15, 0.2) is 60.7 Å². The fourth-order valence-corrected chi connectivity index (χ4v) is 4.39. The second-order valence-electron chi connectivity index (χ2n) is 8.18. The molecule has 1 aliphatic carbocycles. The zero-order chi connectivity index (χ0) is 24.3. The van der Waals surface area contributed by atoms with Crippen LogP contribution in [0.4, 0.5) is 4.39 Å². The molecule has 0 saturated carbocycles. The Morgan fingerprint density at radius 2 is 1.79 bits per heavy atom. The van der Waals surface area contributed by atoms with Crippen LogP contribution in [0.25, 0.3) is 0 Å². The van der Waals surface area contributed by atoms with E-state index in [-0.39, 0.29) is 36.5 Å². The van der Waals surface area contributed by atoms with Crippen LogP contribution in [0, 0.1) is 5.82 Å². The van der Waals surface area contributed by atoms with Gasteiger partial charge in [0.05, 0.1) is 13.7 Å². The van der Waals surface area contributed by atoms with Gasteiger partial charge in [0.2, 0.25) is 0 Å². The second-order valence-corrected chi connectivity index (χ2v) is 8.62. The number of carboxylic acids is 1. The molecular formula is C26H23ClFNO5. The number of ether oxygens (including phenoxy) is 2. The molecule has 0 unspecified atom stereocenters. The molecule has 34 heavy (non-hydrogen) atoms. The Hall–Kier alpha value is -3.58. The molecule has 4 rings (SSSR count). The van der Waals surface area contributed by atoms with E-state index in [1.165, 1.54) is 13.2 Å². The van der Waals surface area contributed by atoms with Crippen LogP contribution in [0.3, 0.4) is 0 Å². The van der Waals surface area contributed by atoms with Gasteiger partial charge in [0.25, 0.3) is 5.91 Å². The Balaban J connectivity index is 1.53. The summed E-state index contributed by atoms with van der Waals surface area (Å²) in [5.74, 6) is -2.73. The van der Waals surface area contributed by atoms with Gasteiger partial charge in [0.1, 0.15) is 5.54 Å². The summed E-state index contributed by atoms with van der Waals surface area (Å²) in [5.41, 5.74) is 1.08. The van der Waals surface area contributed by atoms with Gasteiger partial charge in [0, 0.05) is 29.8 Å². The average Bonchev–Trinajstić information content (AvgIpc) is 3.18. The molecule has 1 amide bonds. The lowest BCUT2D eigenvalue weighted by molar-refractivity contribution is -0.144. The van der Waals surface area contributed by atoms with E-state index in [9.17, 15) is 19.1 Å². The zero-order valence-corrected chi connectivity index (χ0v) is 19.2. The summed E-state index contributed by atoms with van der Waals surface area (Å²) in [5, 5.41) is 13.1. The van der Waals surface area contributed by atoms with Gasteiger partial charge in [-0.05, 0) is 41.0 Å². The highest BCUT2D eigenvalue weighted by molar-refractivity contribution is 6.30. The van der Waals surface area contributed by atoms with E-state index in [0.717, 1.165) is 22.8 Å². The minimum absolute atomic E-state index is 0.0498. The van der Waals surface area contributed by atoms with E-state index in [0.29, 0.717) is 11.4 Å². The number of carboxylic acid groups (broad SMARTS) is 1. The predicted octanol–water partition coefficient (Wildman–Crippen LogP) is 4.46. The molecule has 0 fully saturated rings. The minimum atomic E-state index is -1.51. The van der Waals surface area contributed by atoms with Gasteiger partial charge in [-0.3, -0.25) is 4.79 Å². The maximum Gasteiger partial charge on any atom is 0.330 e. The number of hydrogen-bond donors (Lipinski definition) is 2. The average molecular weight is 484 g/mol. The van der Waals surface area contributed by atoms with Crippen molar-refractivity contribution in [3.8, 4) is 11.5 Å². The number of nitrogens with one attached hydrogen (secondary N) is 1. The minimum Gasteiger partial charge on any atom is -0.490 e. The van der Waals surface area contributed by atoms with Crippen LogP contribution in [0.5, 0.6) is 11.5 Å². The van der Waals surface area contributed by atoms with Crippen LogP contribution in [-0.4, -0.2) is 36.2 Å². The maximum atomic E-state index is 14.7. The molecule has 8 heteroatoms. The number of aliphatic carboxylic acids is 1. The van der Waals surface area contributed by atoms with E-state index < -0.39 is 23.2 Å². The van der Waals surface area contributed by atoms with Crippen molar-refractivity contribution in [3.05, 3.63) is 93.8 Å². The van der Waals surface area contributed by atoms with Crippen LogP contribution < -0.4 is 14.8 Å². The van der Waals surface area contributed by atoms with Crippen molar-refractivity contribution < 1.29 is 28.6 Å². The van der Waals surface area contributed by atoms with Crippen molar-refractivity contribution in [2.24, 2.45) is 0 Å². The summed E-state index contributed by atoms with van der Waals surface area (Å²) in [6.07, 6.45) is 0.792. The Bertz CT molecular complexity index is 1220. The number of carbonyl (C=O) groups excluding carboxylic acids is 1. The Morgan fingerprint density at radius 3 is 2.41 bits per heavy atom. The number of methoxy groups -OCH3 is 1. The van der Waals surface area contributed by atoms with E-state index in [4.69, 9.17) is 21.1 Å². The molecule has 0 radical (unpaired) electrons. The van der Waals surface area contributed by atoms with Crippen molar-refractivity contribution in [2.75, 3.05) is 13.7 Å². The fourth-order valence-electron chi connectivity index (χ4n) is 4.17. The molecule has 1 aliphatic rings. The van der Waals surface area contributed by atoms with E-state index in [1.54, 1.807) is 12.1 Å². The first-order valence-electron chi connectivity index (χ1n) is 10.7. The van der Waals surface area contributed by atoms with Crippen molar-refractivity contribution in [2.45, 2.75) is 24.8 Å². The quantitative estimate of drug-likeness (QED) is 0.494. The number of fused-ring (bicyclic) bond motifs is 1. The fraction of sp³-hybridized carbons (Fsp3) is 0.231. The summed E-state index contributed by atoms with van der Waals surface area (Å²) >= 11 is 6.00. The lowest BCUT2D eigenvalue weighted by Gasteiger charge is -2.25.